The molecule has 0 fully saturated rings. The number of carbonyl (C=O) groups is 2. The van der Waals surface area contributed by atoms with Gasteiger partial charge in [0.1, 0.15) is 5.75 Å². The summed E-state index contributed by atoms with van der Waals surface area (Å²) in [6.07, 6.45) is 0. The van der Waals surface area contributed by atoms with Crippen LogP contribution in [0, 0.1) is 0 Å². The molecule has 3 N–H and O–H groups in total. The summed E-state index contributed by atoms with van der Waals surface area (Å²) in [5, 5.41) is 8.79. The summed E-state index contributed by atoms with van der Waals surface area (Å²) in [5.74, 6) is 0.204. The van der Waals surface area contributed by atoms with E-state index in [1.807, 2.05) is 12.1 Å². The summed E-state index contributed by atoms with van der Waals surface area (Å²) in [6, 6.07) is 13.2. The van der Waals surface area contributed by atoms with Gasteiger partial charge in [0.2, 0.25) is 0 Å². The van der Waals surface area contributed by atoms with E-state index in [9.17, 15) is 9.59 Å². The van der Waals surface area contributed by atoms with Gasteiger partial charge in [-0.1, -0.05) is 35.9 Å². The van der Waals surface area contributed by atoms with Crippen molar-refractivity contribution in [3.63, 3.8) is 0 Å². The number of amides is 3. The fourth-order valence-electron chi connectivity index (χ4n) is 2.87. The van der Waals surface area contributed by atoms with Crippen molar-refractivity contribution in [3.8, 4) is 5.75 Å². The van der Waals surface area contributed by atoms with Gasteiger partial charge in [0, 0.05) is 10.7 Å². The van der Waals surface area contributed by atoms with Crippen LogP contribution >= 0.6 is 11.6 Å². The molecule has 2 aromatic rings. The molecule has 0 radical (unpaired) electrons. The van der Waals surface area contributed by atoms with E-state index in [4.69, 9.17) is 16.3 Å². The third-order valence-corrected chi connectivity index (χ3v) is 4.29. The Morgan fingerprint density at radius 2 is 1.96 bits per heavy atom. The van der Waals surface area contributed by atoms with E-state index >= 15 is 0 Å². The minimum absolute atomic E-state index is 0.343. The number of nitrogens with one attached hydrogen (secondary N) is 3. The molecule has 2 aromatic carbocycles. The molecule has 0 saturated carbocycles. The lowest BCUT2D eigenvalue weighted by Crippen LogP contribution is -2.46. The molecular weight excluding hydrogens is 354 g/mol. The SMILES string of the molecule is COc1ccccc1NC(=O)C1=C(C)NC(=O)NC1c1cccc(Cl)c1. The van der Waals surface area contributed by atoms with Crippen molar-refractivity contribution in [2.24, 2.45) is 0 Å². The second-order valence-electron chi connectivity index (χ2n) is 5.78. The molecule has 26 heavy (non-hydrogen) atoms. The molecule has 134 valence electrons. The third-order valence-electron chi connectivity index (χ3n) is 4.05. The van der Waals surface area contributed by atoms with Gasteiger partial charge in [-0.3, -0.25) is 4.79 Å². The number of halogens is 1. The number of urea groups is 1. The Hall–Kier alpha value is -2.99. The van der Waals surface area contributed by atoms with Crippen LogP contribution in [0.4, 0.5) is 10.5 Å². The minimum Gasteiger partial charge on any atom is -0.495 e. The molecule has 0 bridgehead atoms. The van der Waals surface area contributed by atoms with Crippen molar-refractivity contribution in [1.82, 2.24) is 10.6 Å². The van der Waals surface area contributed by atoms with Gasteiger partial charge in [-0.25, -0.2) is 4.79 Å². The van der Waals surface area contributed by atoms with Gasteiger partial charge < -0.3 is 20.7 Å². The number of carbonyl (C=O) groups excluding carboxylic acids is 2. The first-order valence-corrected chi connectivity index (χ1v) is 8.35. The van der Waals surface area contributed by atoms with Crippen LogP contribution in [-0.4, -0.2) is 19.0 Å². The molecule has 6 nitrogen and oxygen atoms in total. The van der Waals surface area contributed by atoms with Gasteiger partial charge in [0.15, 0.2) is 0 Å². The van der Waals surface area contributed by atoms with E-state index in [2.05, 4.69) is 16.0 Å². The summed E-state index contributed by atoms with van der Waals surface area (Å²) >= 11 is 6.07. The molecule has 3 amide bonds. The molecule has 1 heterocycles. The quantitative estimate of drug-likeness (QED) is 0.768. The summed E-state index contributed by atoms with van der Waals surface area (Å²) < 4.78 is 5.27. The highest BCUT2D eigenvalue weighted by Gasteiger charge is 2.31. The Morgan fingerprint density at radius 1 is 1.19 bits per heavy atom. The average molecular weight is 372 g/mol. The minimum atomic E-state index is -0.614. The maximum atomic E-state index is 13.0. The number of hydrogen-bond donors (Lipinski definition) is 3. The van der Waals surface area contributed by atoms with E-state index in [1.165, 1.54) is 7.11 Å². The van der Waals surface area contributed by atoms with Crippen LogP contribution in [0.1, 0.15) is 18.5 Å². The molecule has 1 unspecified atom stereocenters. The zero-order chi connectivity index (χ0) is 18.7. The Kier molecular flexibility index (Phi) is 5.14. The largest absolute Gasteiger partial charge is 0.495 e. The fraction of sp³-hybridized carbons (Fsp3) is 0.158. The smallest absolute Gasteiger partial charge is 0.319 e. The van der Waals surface area contributed by atoms with Gasteiger partial charge in [-0.15, -0.1) is 0 Å². The molecule has 0 aromatic heterocycles. The number of rotatable bonds is 4. The number of anilines is 1. The van der Waals surface area contributed by atoms with Gasteiger partial charge in [0.25, 0.3) is 5.91 Å². The van der Waals surface area contributed by atoms with E-state index in [-0.39, 0.29) is 11.9 Å². The monoisotopic (exact) mass is 371 g/mol. The van der Waals surface area contributed by atoms with Crippen molar-refractivity contribution >= 4 is 29.2 Å². The van der Waals surface area contributed by atoms with Gasteiger partial charge in [-0.05, 0) is 36.8 Å². The standard InChI is InChI=1S/C19H18ClN3O3/c1-11-16(18(24)22-14-8-3-4-9-15(14)26-2)17(23-19(25)21-11)12-6-5-7-13(20)10-12/h3-10,17H,1-2H3,(H,22,24)(H2,21,23,25). The normalized spacial score (nSPS) is 16.6. The predicted molar refractivity (Wildman–Crippen MR) is 100 cm³/mol. The van der Waals surface area contributed by atoms with Gasteiger partial charge in [0.05, 0.1) is 24.4 Å². The Bertz CT molecular complexity index is 895. The number of methoxy groups -OCH3 is 1. The van der Waals surface area contributed by atoms with Crippen LogP contribution in [-0.2, 0) is 4.79 Å². The summed E-state index contributed by atoms with van der Waals surface area (Å²) in [7, 11) is 1.53. The Labute approximate surface area is 156 Å². The van der Waals surface area contributed by atoms with Crippen LogP contribution in [0.2, 0.25) is 5.02 Å². The average Bonchev–Trinajstić information content (AvgIpc) is 2.61. The van der Waals surface area contributed by atoms with Crippen LogP contribution in [0.5, 0.6) is 5.75 Å². The number of para-hydroxylation sites is 2. The van der Waals surface area contributed by atoms with Crippen molar-refractivity contribution in [2.75, 3.05) is 12.4 Å². The van der Waals surface area contributed by atoms with Gasteiger partial charge in [-0.2, -0.15) is 0 Å². The molecular formula is C19H18ClN3O3. The maximum Gasteiger partial charge on any atom is 0.319 e. The topological polar surface area (TPSA) is 79.5 Å². The lowest BCUT2D eigenvalue weighted by Gasteiger charge is -2.29. The molecule has 0 saturated heterocycles. The number of allylic oxidation sites excluding steroid dienone is 1. The first-order valence-electron chi connectivity index (χ1n) is 7.97. The van der Waals surface area contributed by atoms with Crippen molar-refractivity contribution in [1.29, 1.82) is 0 Å². The number of benzene rings is 2. The summed E-state index contributed by atoms with van der Waals surface area (Å²) in [5.41, 5.74) is 2.14. The van der Waals surface area contributed by atoms with E-state index in [0.717, 1.165) is 5.56 Å². The highest BCUT2D eigenvalue weighted by atomic mass is 35.5. The lowest BCUT2D eigenvalue weighted by atomic mass is 9.95. The fourth-order valence-corrected chi connectivity index (χ4v) is 3.07. The van der Waals surface area contributed by atoms with Crippen LogP contribution in [0.25, 0.3) is 0 Å². The lowest BCUT2D eigenvalue weighted by molar-refractivity contribution is -0.113. The summed E-state index contributed by atoms with van der Waals surface area (Å²) in [4.78, 5) is 24.9. The molecule has 0 spiro atoms. The van der Waals surface area contributed by atoms with Crippen molar-refractivity contribution in [2.45, 2.75) is 13.0 Å². The zero-order valence-electron chi connectivity index (χ0n) is 14.3. The van der Waals surface area contributed by atoms with Crippen LogP contribution in [0.15, 0.2) is 59.8 Å². The second-order valence-corrected chi connectivity index (χ2v) is 6.22. The van der Waals surface area contributed by atoms with Crippen LogP contribution in [0.3, 0.4) is 0 Å². The molecule has 7 heteroatoms. The second kappa shape index (κ2) is 7.49. The first kappa shape index (κ1) is 17.8. The van der Waals surface area contributed by atoms with Gasteiger partial charge >= 0.3 is 6.03 Å². The Morgan fingerprint density at radius 3 is 2.69 bits per heavy atom. The molecule has 1 aliphatic rings. The molecule has 1 aliphatic heterocycles. The first-order chi connectivity index (χ1) is 12.5. The Balaban J connectivity index is 1.97. The van der Waals surface area contributed by atoms with E-state index < -0.39 is 6.04 Å². The zero-order valence-corrected chi connectivity index (χ0v) is 15.1. The highest BCUT2D eigenvalue weighted by Crippen LogP contribution is 2.30. The van der Waals surface area contributed by atoms with E-state index in [1.54, 1.807) is 43.3 Å². The highest BCUT2D eigenvalue weighted by molar-refractivity contribution is 6.30. The van der Waals surface area contributed by atoms with E-state index in [0.29, 0.717) is 27.7 Å². The van der Waals surface area contributed by atoms with Crippen molar-refractivity contribution < 1.29 is 14.3 Å². The molecule has 3 rings (SSSR count). The van der Waals surface area contributed by atoms with Crippen molar-refractivity contribution in [3.05, 3.63) is 70.4 Å². The molecule has 0 aliphatic carbocycles. The van der Waals surface area contributed by atoms with Crippen LogP contribution < -0.4 is 20.7 Å². The maximum absolute atomic E-state index is 13.0. The number of ether oxygens (including phenoxy) is 1. The summed E-state index contributed by atoms with van der Waals surface area (Å²) in [6.45, 7) is 1.69. The third kappa shape index (κ3) is 3.65. The number of hydrogen-bond acceptors (Lipinski definition) is 3. The predicted octanol–water partition coefficient (Wildman–Crippen LogP) is 3.62. The molecule has 1 atom stereocenters.